The Kier molecular flexibility index (Phi) is 5.05. The number of hydrogen-bond donors (Lipinski definition) is 1. The van der Waals surface area contributed by atoms with Gasteiger partial charge in [0.15, 0.2) is 0 Å². The molecule has 2 rings (SSSR count). The minimum Gasteiger partial charge on any atom is -0.489 e. The molecule has 19 heavy (non-hydrogen) atoms. The summed E-state index contributed by atoms with van der Waals surface area (Å²) in [7, 11) is 6.41. The van der Waals surface area contributed by atoms with Gasteiger partial charge >= 0.3 is 0 Å². The van der Waals surface area contributed by atoms with Gasteiger partial charge in [0.2, 0.25) is 0 Å². The van der Waals surface area contributed by atoms with E-state index in [4.69, 9.17) is 4.74 Å². The molecule has 0 saturated carbocycles. The van der Waals surface area contributed by atoms with E-state index in [1.807, 2.05) is 0 Å². The molecule has 1 heterocycles. The number of ether oxygens (including phenoxy) is 1. The first kappa shape index (κ1) is 14.2. The fraction of sp³-hybridized carbons (Fsp3) is 0.600. The summed E-state index contributed by atoms with van der Waals surface area (Å²) in [5, 5.41) is 3.38. The first-order valence-corrected chi connectivity index (χ1v) is 6.98. The Morgan fingerprint density at radius 1 is 1.21 bits per heavy atom. The van der Waals surface area contributed by atoms with Crippen molar-refractivity contribution in [3.63, 3.8) is 0 Å². The Hall–Kier alpha value is -1.26. The van der Waals surface area contributed by atoms with E-state index in [1.165, 1.54) is 12.0 Å². The average molecular weight is 263 g/mol. The van der Waals surface area contributed by atoms with E-state index < -0.39 is 0 Å². The van der Waals surface area contributed by atoms with E-state index in [0.29, 0.717) is 0 Å². The van der Waals surface area contributed by atoms with Crippen molar-refractivity contribution in [1.82, 2.24) is 9.80 Å². The molecule has 0 atom stereocenters. The van der Waals surface area contributed by atoms with Gasteiger partial charge < -0.3 is 19.9 Å². The molecule has 1 aliphatic heterocycles. The molecular formula is C15H25N3O. The summed E-state index contributed by atoms with van der Waals surface area (Å²) in [4.78, 5) is 4.59. The minimum atomic E-state index is 0.758. The van der Waals surface area contributed by atoms with Crippen molar-refractivity contribution in [2.24, 2.45) is 0 Å². The lowest BCUT2D eigenvalue weighted by atomic mass is 10.1. The van der Waals surface area contributed by atoms with Crippen molar-refractivity contribution in [2.75, 3.05) is 52.7 Å². The molecule has 0 unspecified atom stereocenters. The van der Waals surface area contributed by atoms with E-state index in [0.717, 1.165) is 44.2 Å². The first-order chi connectivity index (χ1) is 9.16. The molecule has 1 N–H and O–H groups in total. The molecule has 1 aromatic carbocycles. The van der Waals surface area contributed by atoms with Crippen LogP contribution in [0.3, 0.4) is 0 Å². The van der Waals surface area contributed by atoms with Crippen LogP contribution in [0.5, 0.6) is 5.75 Å². The van der Waals surface area contributed by atoms with Gasteiger partial charge in [-0.25, -0.2) is 0 Å². The molecule has 0 saturated heterocycles. The van der Waals surface area contributed by atoms with Crippen molar-refractivity contribution in [3.8, 4) is 5.75 Å². The molecule has 106 valence electrons. The van der Waals surface area contributed by atoms with E-state index >= 15 is 0 Å². The second-order valence-electron chi connectivity index (χ2n) is 5.46. The standard InChI is InChI=1S/C15H25N3O/c1-17(2)9-5-10-18(3)12-13-6-4-7-14-15(13)19-11-8-16-14/h4,6-7,16H,5,8-12H2,1-3H3. The second-order valence-corrected chi connectivity index (χ2v) is 5.46. The summed E-state index contributed by atoms with van der Waals surface area (Å²) in [5.74, 6) is 1.04. The van der Waals surface area contributed by atoms with Crippen LogP contribution in [0.1, 0.15) is 12.0 Å². The third-order valence-electron chi connectivity index (χ3n) is 3.35. The number of para-hydroxylation sites is 1. The number of rotatable bonds is 6. The van der Waals surface area contributed by atoms with Crippen LogP contribution in [0, 0.1) is 0 Å². The molecule has 0 radical (unpaired) electrons. The van der Waals surface area contributed by atoms with Gasteiger partial charge in [-0.15, -0.1) is 0 Å². The number of hydrogen-bond acceptors (Lipinski definition) is 4. The highest BCUT2D eigenvalue weighted by Gasteiger charge is 2.14. The number of benzene rings is 1. The smallest absolute Gasteiger partial charge is 0.146 e. The lowest BCUT2D eigenvalue weighted by Gasteiger charge is -2.24. The van der Waals surface area contributed by atoms with Gasteiger partial charge in [-0.2, -0.15) is 0 Å². The highest BCUT2D eigenvalue weighted by Crippen LogP contribution is 2.31. The van der Waals surface area contributed by atoms with Crippen LogP contribution in [0.2, 0.25) is 0 Å². The third kappa shape index (κ3) is 4.11. The van der Waals surface area contributed by atoms with E-state index in [9.17, 15) is 0 Å². The normalized spacial score (nSPS) is 14.2. The summed E-state index contributed by atoms with van der Waals surface area (Å²) in [6.07, 6.45) is 1.19. The van der Waals surface area contributed by atoms with Gasteiger partial charge in [0.25, 0.3) is 0 Å². The highest BCUT2D eigenvalue weighted by atomic mass is 16.5. The maximum Gasteiger partial charge on any atom is 0.146 e. The van der Waals surface area contributed by atoms with Gasteiger partial charge in [0.1, 0.15) is 12.4 Å². The Morgan fingerprint density at radius 3 is 2.84 bits per heavy atom. The van der Waals surface area contributed by atoms with Gasteiger partial charge in [-0.3, -0.25) is 0 Å². The maximum absolute atomic E-state index is 5.80. The van der Waals surface area contributed by atoms with Gasteiger partial charge in [-0.05, 0) is 46.7 Å². The van der Waals surface area contributed by atoms with Crippen molar-refractivity contribution in [3.05, 3.63) is 23.8 Å². The van der Waals surface area contributed by atoms with E-state index in [2.05, 4.69) is 54.5 Å². The van der Waals surface area contributed by atoms with Crippen LogP contribution in [0.15, 0.2) is 18.2 Å². The predicted octanol–water partition coefficient (Wildman–Crippen LogP) is 1.87. The zero-order valence-corrected chi connectivity index (χ0v) is 12.3. The molecule has 0 bridgehead atoms. The van der Waals surface area contributed by atoms with Gasteiger partial charge in [0.05, 0.1) is 5.69 Å². The SMILES string of the molecule is CN(C)CCCN(C)Cc1cccc2c1OCCN2. The van der Waals surface area contributed by atoms with Crippen molar-refractivity contribution < 1.29 is 4.74 Å². The van der Waals surface area contributed by atoms with Crippen LogP contribution in [-0.2, 0) is 6.54 Å². The number of nitrogens with one attached hydrogen (secondary N) is 1. The van der Waals surface area contributed by atoms with Crippen LogP contribution in [0.25, 0.3) is 0 Å². The van der Waals surface area contributed by atoms with Crippen molar-refractivity contribution in [1.29, 1.82) is 0 Å². The zero-order valence-electron chi connectivity index (χ0n) is 12.3. The maximum atomic E-state index is 5.80. The number of nitrogens with zero attached hydrogens (tertiary/aromatic N) is 2. The zero-order chi connectivity index (χ0) is 13.7. The number of fused-ring (bicyclic) bond motifs is 1. The van der Waals surface area contributed by atoms with Gasteiger partial charge in [-0.1, -0.05) is 12.1 Å². The summed E-state index contributed by atoms with van der Waals surface area (Å²) in [6.45, 7) is 4.84. The van der Waals surface area contributed by atoms with Crippen molar-refractivity contribution in [2.45, 2.75) is 13.0 Å². The molecular weight excluding hydrogens is 238 g/mol. The molecule has 0 spiro atoms. The number of anilines is 1. The average Bonchev–Trinajstić information content (AvgIpc) is 2.39. The molecule has 1 aromatic rings. The third-order valence-corrected chi connectivity index (χ3v) is 3.35. The highest BCUT2D eigenvalue weighted by molar-refractivity contribution is 5.61. The fourth-order valence-corrected chi connectivity index (χ4v) is 2.38. The summed E-state index contributed by atoms with van der Waals surface area (Å²) < 4.78 is 5.80. The van der Waals surface area contributed by atoms with Crippen LogP contribution in [-0.4, -0.2) is 57.2 Å². The molecule has 4 nitrogen and oxygen atoms in total. The van der Waals surface area contributed by atoms with E-state index in [-0.39, 0.29) is 0 Å². The molecule has 0 aromatic heterocycles. The van der Waals surface area contributed by atoms with Crippen LogP contribution >= 0.6 is 0 Å². The molecule has 0 amide bonds. The molecule has 1 aliphatic rings. The summed E-state index contributed by atoms with van der Waals surface area (Å²) in [6, 6.07) is 6.35. The topological polar surface area (TPSA) is 27.7 Å². The Labute approximate surface area is 116 Å². The van der Waals surface area contributed by atoms with E-state index in [1.54, 1.807) is 0 Å². The van der Waals surface area contributed by atoms with Crippen LogP contribution < -0.4 is 10.1 Å². The Balaban J connectivity index is 1.91. The quantitative estimate of drug-likeness (QED) is 0.848. The minimum absolute atomic E-state index is 0.758. The first-order valence-electron chi connectivity index (χ1n) is 6.98. The molecule has 0 aliphatic carbocycles. The molecule has 0 fully saturated rings. The van der Waals surface area contributed by atoms with Crippen LogP contribution in [0.4, 0.5) is 5.69 Å². The predicted molar refractivity (Wildman–Crippen MR) is 79.9 cm³/mol. The monoisotopic (exact) mass is 263 g/mol. The molecule has 4 heteroatoms. The van der Waals surface area contributed by atoms with Crippen molar-refractivity contribution >= 4 is 5.69 Å². The lowest BCUT2D eigenvalue weighted by molar-refractivity contribution is 0.280. The van der Waals surface area contributed by atoms with Gasteiger partial charge in [0, 0.05) is 18.7 Å². The largest absolute Gasteiger partial charge is 0.489 e. The summed E-state index contributed by atoms with van der Waals surface area (Å²) in [5.41, 5.74) is 2.41. The fourth-order valence-electron chi connectivity index (χ4n) is 2.38. The lowest BCUT2D eigenvalue weighted by Crippen LogP contribution is -2.25. The Morgan fingerprint density at radius 2 is 2.05 bits per heavy atom. The summed E-state index contributed by atoms with van der Waals surface area (Å²) >= 11 is 0. The second kappa shape index (κ2) is 6.78. The Bertz CT molecular complexity index is 406.